The van der Waals surface area contributed by atoms with Crippen molar-refractivity contribution in [3.05, 3.63) is 0 Å². The Morgan fingerprint density at radius 3 is 2.43 bits per heavy atom. The van der Waals surface area contributed by atoms with Crippen molar-refractivity contribution in [2.24, 2.45) is 17.3 Å². The van der Waals surface area contributed by atoms with E-state index in [1.807, 2.05) is 0 Å². The summed E-state index contributed by atoms with van der Waals surface area (Å²) >= 11 is 0. The van der Waals surface area contributed by atoms with E-state index in [0.29, 0.717) is 5.41 Å². The van der Waals surface area contributed by atoms with Crippen LogP contribution in [-0.2, 0) is 4.74 Å². The summed E-state index contributed by atoms with van der Waals surface area (Å²) in [6, 6.07) is 0.752. The van der Waals surface area contributed by atoms with Crippen molar-refractivity contribution in [1.82, 2.24) is 5.32 Å². The maximum absolute atomic E-state index is 5.26. The molecule has 2 heteroatoms. The quantitative estimate of drug-likeness (QED) is 0.747. The maximum atomic E-state index is 5.26. The smallest absolute Gasteiger partial charge is 0.0554 e. The molecule has 0 spiro atoms. The standard InChI is InChI=1S/C12H23NO/c1-9-4-5-11(10(9)2)13-6-12(3)7-14-8-12/h9-11,13H,4-8H2,1-3H3. The van der Waals surface area contributed by atoms with E-state index in [0.717, 1.165) is 37.6 Å². The highest BCUT2D eigenvalue weighted by molar-refractivity contribution is 4.89. The number of hydrogen-bond acceptors (Lipinski definition) is 2. The summed E-state index contributed by atoms with van der Waals surface area (Å²) in [5.74, 6) is 1.75. The third-order valence-electron chi connectivity index (χ3n) is 4.16. The SMILES string of the molecule is CC1CCC(NCC2(C)COC2)C1C. The van der Waals surface area contributed by atoms with Crippen molar-refractivity contribution >= 4 is 0 Å². The molecule has 1 saturated heterocycles. The number of ether oxygens (including phenoxy) is 1. The van der Waals surface area contributed by atoms with Crippen LogP contribution in [0.4, 0.5) is 0 Å². The molecule has 1 aliphatic carbocycles. The fourth-order valence-corrected chi connectivity index (χ4v) is 2.58. The van der Waals surface area contributed by atoms with E-state index < -0.39 is 0 Å². The monoisotopic (exact) mass is 197 g/mol. The molecule has 0 aromatic carbocycles. The van der Waals surface area contributed by atoms with Crippen molar-refractivity contribution in [2.45, 2.75) is 39.7 Å². The largest absolute Gasteiger partial charge is 0.380 e. The molecule has 0 radical (unpaired) electrons. The van der Waals surface area contributed by atoms with Gasteiger partial charge in [-0.15, -0.1) is 0 Å². The summed E-state index contributed by atoms with van der Waals surface area (Å²) in [5, 5.41) is 3.72. The first-order valence-electron chi connectivity index (χ1n) is 5.92. The summed E-state index contributed by atoms with van der Waals surface area (Å²) in [6.07, 6.45) is 2.76. The maximum Gasteiger partial charge on any atom is 0.0554 e. The molecule has 14 heavy (non-hydrogen) atoms. The van der Waals surface area contributed by atoms with Crippen molar-refractivity contribution in [1.29, 1.82) is 0 Å². The highest BCUT2D eigenvalue weighted by Gasteiger charge is 2.36. The zero-order chi connectivity index (χ0) is 10.2. The van der Waals surface area contributed by atoms with Gasteiger partial charge in [-0.1, -0.05) is 20.8 Å². The van der Waals surface area contributed by atoms with Crippen LogP contribution in [0.1, 0.15) is 33.6 Å². The second kappa shape index (κ2) is 3.82. The number of nitrogens with one attached hydrogen (secondary N) is 1. The molecule has 82 valence electrons. The minimum atomic E-state index is 0.422. The fourth-order valence-electron chi connectivity index (χ4n) is 2.58. The molecule has 0 bridgehead atoms. The van der Waals surface area contributed by atoms with Gasteiger partial charge in [-0.3, -0.25) is 0 Å². The van der Waals surface area contributed by atoms with Crippen LogP contribution in [0, 0.1) is 17.3 Å². The summed E-state index contributed by atoms with van der Waals surface area (Å²) in [6.45, 7) is 10.1. The zero-order valence-electron chi connectivity index (χ0n) is 9.68. The van der Waals surface area contributed by atoms with Gasteiger partial charge in [0, 0.05) is 18.0 Å². The van der Waals surface area contributed by atoms with Gasteiger partial charge in [0.15, 0.2) is 0 Å². The lowest BCUT2D eigenvalue weighted by atomic mass is 9.88. The van der Waals surface area contributed by atoms with Crippen molar-refractivity contribution in [3.8, 4) is 0 Å². The average molecular weight is 197 g/mol. The van der Waals surface area contributed by atoms with E-state index in [-0.39, 0.29) is 0 Å². The first-order valence-corrected chi connectivity index (χ1v) is 5.92. The Morgan fingerprint density at radius 1 is 1.29 bits per heavy atom. The minimum absolute atomic E-state index is 0.422. The van der Waals surface area contributed by atoms with E-state index in [9.17, 15) is 0 Å². The molecule has 2 nitrogen and oxygen atoms in total. The minimum Gasteiger partial charge on any atom is -0.380 e. The molecule has 0 amide bonds. The Morgan fingerprint density at radius 2 is 2.00 bits per heavy atom. The summed E-state index contributed by atoms with van der Waals surface area (Å²) in [4.78, 5) is 0. The molecule has 0 aromatic heterocycles. The van der Waals surface area contributed by atoms with Gasteiger partial charge < -0.3 is 10.1 Å². The first kappa shape index (κ1) is 10.4. The average Bonchev–Trinajstić information content (AvgIpc) is 2.42. The highest BCUT2D eigenvalue weighted by atomic mass is 16.5. The molecule has 2 fully saturated rings. The van der Waals surface area contributed by atoms with Gasteiger partial charge in [0.2, 0.25) is 0 Å². The van der Waals surface area contributed by atoms with Gasteiger partial charge in [0.25, 0.3) is 0 Å². The molecule has 1 N–H and O–H groups in total. The molecule has 1 heterocycles. The molecule has 2 aliphatic rings. The number of hydrogen-bond donors (Lipinski definition) is 1. The molecule has 3 unspecified atom stereocenters. The molecule has 1 aliphatic heterocycles. The van der Waals surface area contributed by atoms with E-state index in [2.05, 4.69) is 26.1 Å². The van der Waals surface area contributed by atoms with Crippen molar-refractivity contribution in [3.63, 3.8) is 0 Å². The van der Waals surface area contributed by atoms with Gasteiger partial charge >= 0.3 is 0 Å². The molecular formula is C12H23NO. The summed E-state index contributed by atoms with van der Waals surface area (Å²) in [7, 11) is 0. The van der Waals surface area contributed by atoms with Gasteiger partial charge in [0.05, 0.1) is 13.2 Å². The third-order valence-corrected chi connectivity index (χ3v) is 4.16. The first-order chi connectivity index (χ1) is 6.61. The van der Waals surface area contributed by atoms with E-state index in [4.69, 9.17) is 4.74 Å². The number of rotatable bonds is 3. The van der Waals surface area contributed by atoms with Crippen LogP contribution in [0.3, 0.4) is 0 Å². The lowest BCUT2D eigenvalue weighted by molar-refractivity contribution is -0.100. The van der Waals surface area contributed by atoms with E-state index in [1.54, 1.807) is 0 Å². The van der Waals surface area contributed by atoms with Gasteiger partial charge in [0.1, 0.15) is 0 Å². The van der Waals surface area contributed by atoms with Crippen molar-refractivity contribution < 1.29 is 4.74 Å². The predicted octanol–water partition coefficient (Wildman–Crippen LogP) is 2.05. The molecular weight excluding hydrogens is 174 g/mol. The second-order valence-electron chi connectivity index (χ2n) is 5.70. The normalized spacial score (nSPS) is 40.9. The Labute approximate surface area is 87.4 Å². The van der Waals surface area contributed by atoms with Crippen LogP contribution in [0.5, 0.6) is 0 Å². The van der Waals surface area contributed by atoms with Crippen molar-refractivity contribution in [2.75, 3.05) is 19.8 Å². The Kier molecular flexibility index (Phi) is 2.85. The third kappa shape index (κ3) is 1.96. The summed E-state index contributed by atoms with van der Waals surface area (Å²) < 4.78 is 5.26. The van der Waals surface area contributed by atoms with Crippen LogP contribution in [0.2, 0.25) is 0 Å². The van der Waals surface area contributed by atoms with Crippen LogP contribution >= 0.6 is 0 Å². The van der Waals surface area contributed by atoms with Gasteiger partial charge in [-0.2, -0.15) is 0 Å². The zero-order valence-corrected chi connectivity index (χ0v) is 9.68. The van der Waals surface area contributed by atoms with Crippen LogP contribution in [-0.4, -0.2) is 25.8 Å². The van der Waals surface area contributed by atoms with Crippen LogP contribution in [0.15, 0.2) is 0 Å². The Bertz CT molecular complexity index is 200. The van der Waals surface area contributed by atoms with Crippen LogP contribution < -0.4 is 5.32 Å². The lowest BCUT2D eigenvalue weighted by Crippen LogP contribution is -2.50. The molecule has 3 atom stereocenters. The van der Waals surface area contributed by atoms with Gasteiger partial charge in [-0.25, -0.2) is 0 Å². The fraction of sp³-hybridized carbons (Fsp3) is 1.00. The van der Waals surface area contributed by atoms with Crippen LogP contribution in [0.25, 0.3) is 0 Å². The van der Waals surface area contributed by atoms with E-state index >= 15 is 0 Å². The highest BCUT2D eigenvalue weighted by Crippen LogP contribution is 2.32. The lowest BCUT2D eigenvalue weighted by Gasteiger charge is -2.39. The molecule has 0 aromatic rings. The molecule has 2 rings (SSSR count). The topological polar surface area (TPSA) is 21.3 Å². The Hall–Kier alpha value is -0.0800. The van der Waals surface area contributed by atoms with Gasteiger partial charge in [-0.05, 0) is 24.7 Å². The predicted molar refractivity (Wildman–Crippen MR) is 58.3 cm³/mol. The summed E-state index contributed by atoms with van der Waals surface area (Å²) in [5.41, 5.74) is 0.422. The molecule has 1 saturated carbocycles. The van der Waals surface area contributed by atoms with E-state index in [1.165, 1.54) is 12.8 Å². The Balaban J connectivity index is 1.75. The second-order valence-corrected chi connectivity index (χ2v) is 5.70.